The molecule has 1 saturated heterocycles. The number of carbonyl (C=O) groups is 1. The molecule has 1 N–H and O–H groups in total. The van der Waals surface area contributed by atoms with Crippen LogP contribution >= 0.6 is 0 Å². The molecule has 0 spiro atoms. The smallest absolute Gasteiger partial charge is 0.378 e. The number of hydrogen-bond donors (Lipinski definition) is 1. The number of benzene rings is 2. The van der Waals surface area contributed by atoms with E-state index in [0.29, 0.717) is 67.2 Å². The third-order valence-corrected chi connectivity index (χ3v) is 7.11. The Bertz CT molecular complexity index is 1490. The second kappa shape index (κ2) is 11.0. The van der Waals surface area contributed by atoms with Gasteiger partial charge in [-0.2, -0.15) is 23.1 Å². The van der Waals surface area contributed by atoms with E-state index >= 15 is 0 Å². The van der Waals surface area contributed by atoms with E-state index in [0.717, 1.165) is 12.1 Å². The molecule has 1 amide bonds. The zero-order chi connectivity index (χ0) is 28.4. The van der Waals surface area contributed by atoms with Crippen LogP contribution in [0.2, 0.25) is 0 Å². The Morgan fingerprint density at radius 1 is 1.07 bits per heavy atom. The van der Waals surface area contributed by atoms with E-state index in [2.05, 4.69) is 5.32 Å². The second-order valence-electron chi connectivity index (χ2n) is 9.70. The minimum Gasteiger partial charge on any atom is -0.378 e. The quantitative estimate of drug-likeness (QED) is 0.517. The van der Waals surface area contributed by atoms with E-state index < -0.39 is 17.8 Å². The molecule has 0 saturated carbocycles. The lowest BCUT2D eigenvalue weighted by atomic mass is 10.0. The predicted octanol–water partition coefficient (Wildman–Crippen LogP) is 3.47. The fourth-order valence-corrected chi connectivity index (χ4v) is 4.86. The maximum atomic E-state index is 13.9. The van der Waals surface area contributed by atoms with Crippen LogP contribution in [0.3, 0.4) is 0 Å². The number of fused-ring (bicyclic) bond motifs is 1. The first-order valence-electron chi connectivity index (χ1n) is 12.9. The van der Waals surface area contributed by atoms with Crippen molar-refractivity contribution in [3.63, 3.8) is 0 Å². The van der Waals surface area contributed by atoms with Crippen molar-refractivity contribution in [2.45, 2.75) is 32.1 Å². The fraction of sp³-hybridized carbons (Fsp3) is 0.357. The number of ether oxygens (including phenoxy) is 1. The summed E-state index contributed by atoms with van der Waals surface area (Å²) < 4.78 is 46.0. The molecule has 3 aromatic rings. The number of aromatic nitrogens is 2. The molecular weight excluding hydrogens is 525 g/mol. The first-order chi connectivity index (χ1) is 19.2. The Kier molecular flexibility index (Phi) is 7.49. The summed E-state index contributed by atoms with van der Waals surface area (Å²) in [5.74, 6) is 0.0375. The average molecular weight is 553 g/mol. The van der Waals surface area contributed by atoms with Gasteiger partial charge in [0.25, 0.3) is 11.5 Å². The molecule has 40 heavy (non-hydrogen) atoms. The Balaban J connectivity index is 1.45. The summed E-state index contributed by atoms with van der Waals surface area (Å²) in [5, 5.41) is 14.1. The molecule has 0 unspecified atom stereocenters. The Morgan fingerprint density at radius 3 is 2.38 bits per heavy atom. The standard InChI is InChI=1S/C28H27F3N6O3/c1-18(20-6-8-22(9-7-20)28(29,30)31)33-27-34-24-10-11-35(25(38)21-4-2-19(16-32)3-5-21)17-23(24)26(39)37(27)36-12-14-40-15-13-36/h2-9,18H,10-15,17H2,1H3,(H,33,34)/t18-/m0/s1. The molecule has 1 aromatic heterocycles. The number of hydrogen-bond acceptors (Lipinski definition) is 7. The Hall–Kier alpha value is -4.37. The van der Waals surface area contributed by atoms with Crippen LogP contribution < -0.4 is 15.9 Å². The van der Waals surface area contributed by atoms with Crippen LogP contribution in [0.4, 0.5) is 19.1 Å². The van der Waals surface area contributed by atoms with E-state index in [9.17, 15) is 22.8 Å². The zero-order valence-corrected chi connectivity index (χ0v) is 21.7. The molecule has 1 atom stereocenters. The summed E-state index contributed by atoms with van der Waals surface area (Å²) in [5.41, 5.74) is 1.41. The van der Waals surface area contributed by atoms with Gasteiger partial charge in [0.1, 0.15) is 0 Å². The van der Waals surface area contributed by atoms with Crippen molar-refractivity contribution in [2.75, 3.05) is 43.2 Å². The van der Waals surface area contributed by atoms with Gasteiger partial charge in [-0.3, -0.25) is 9.59 Å². The average Bonchev–Trinajstić information content (AvgIpc) is 2.97. The second-order valence-corrected chi connectivity index (χ2v) is 9.70. The topological polar surface area (TPSA) is 103 Å². The number of morpholine rings is 1. The molecule has 9 nitrogen and oxygen atoms in total. The first kappa shape index (κ1) is 27.2. The van der Waals surface area contributed by atoms with Crippen LogP contribution in [0.1, 0.15) is 51.3 Å². The van der Waals surface area contributed by atoms with Gasteiger partial charge in [0.05, 0.1) is 67.3 Å². The highest BCUT2D eigenvalue weighted by molar-refractivity contribution is 5.94. The summed E-state index contributed by atoms with van der Waals surface area (Å²) >= 11 is 0. The van der Waals surface area contributed by atoms with Gasteiger partial charge in [0.2, 0.25) is 5.95 Å². The summed E-state index contributed by atoms with van der Waals surface area (Å²) in [6.07, 6.45) is -4.07. The van der Waals surface area contributed by atoms with Crippen LogP contribution in [0, 0.1) is 11.3 Å². The first-order valence-corrected chi connectivity index (χ1v) is 12.9. The molecule has 0 aliphatic carbocycles. The van der Waals surface area contributed by atoms with Crippen LogP contribution in [0.5, 0.6) is 0 Å². The van der Waals surface area contributed by atoms with Gasteiger partial charge >= 0.3 is 6.18 Å². The molecule has 208 valence electrons. The van der Waals surface area contributed by atoms with Gasteiger partial charge in [-0.25, -0.2) is 4.98 Å². The number of anilines is 1. The van der Waals surface area contributed by atoms with Crippen molar-refractivity contribution in [3.8, 4) is 6.07 Å². The number of amides is 1. The number of nitrogens with zero attached hydrogens (tertiary/aromatic N) is 5. The number of rotatable bonds is 5. The van der Waals surface area contributed by atoms with Gasteiger partial charge < -0.3 is 20.0 Å². The number of alkyl halides is 3. The lowest BCUT2D eigenvalue weighted by Crippen LogP contribution is -2.52. The molecule has 1 fully saturated rings. The molecule has 3 heterocycles. The molecular formula is C28H27F3N6O3. The maximum Gasteiger partial charge on any atom is 0.416 e. The van der Waals surface area contributed by atoms with Gasteiger partial charge in [-0.1, -0.05) is 12.1 Å². The number of nitriles is 1. The largest absolute Gasteiger partial charge is 0.416 e. The van der Waals surface area contributed by atoms with E-state index in [4.69, 9.17) is 15.0 Å². The lowest BCUT2D eigenvalue weighted by Gasteiger charge is -2.35. The van der Waals surface area contributed by atoms with Crippen LogP contribution in [0.25, 0.3) is 0 Å². The van der Waals surface area contributed by atoms with Crippen molar-refractivity contribution >= 4 is 11.9 Å². The summed E-state index contributed by atoms with van der Waals surface area (Å²) in [7, 11) is 0. The minimum atomic E-state index is -4.43. The third-order valence-electron chi connectivity index (χ3n) is 7.11. The highest BCUT2D eigenvalue weighted by Gasteiger charge is 2.31. The molecule has 12 heteroatoms. The summed E-state index contributed by atoms with van der Waals surface area (Å²) in [4.78, 5) is 33.4. The Morgan fingerprint density at radius 2 is 1.75 bits per heavy atom. The third kappa shape index (κ3) is 5.51. The molecule has 2 aliphatic rings. The molecule has 5 rings (SSSR count). The van der Waals surface area contributed by atoms with E-state index in [1.165, 1.54) is 16.8 Å². The van der Waals surface area contributed by atoms with Gasteiger partial charge in [-0.05, 0) is 48.9 Å². The van der Waals surface area contributed by atoms with E-state index in [-0.39, 0.29) is 24.0 Å². The normalized spacial score (nSPS) is 16.2. The van der Waals surface area contributed by atoms with Crippen LogP contribution in [-0.2, 0) is 23.9 Å². The van der Waals surface area contributed by atoms with Gasteiger partial charge in [0.15, 0.2) is 0 Å². The highest BCUT2D eigenvalue weighted by atomic mass is 19.4. The monoisotopic (exact) mass is 552 g/mol. The summed E-state index contributed by atoms with van der Waals surface area (Å²) in [6.45, 7) is 3.94. The molecule has 2 aliphatic heterocycles. The minimum absolute atomic E-state index is 0.0824. The van der Waals surface area contributed by atoms with Gasteiger partial charge in [-0.15, -0.1) is 0 Å². The van der Waals surface area contributed by atoms with Crippen LogP contribution in [0.15, 0.2) is 53.3 Å². The molecule has 0 bridgehead atoms. The molecule has 2 aromatic carbocycles. The van der Waals surface area contributed by atoms with Crippen molar-refractivity contribution < 1.29 is 22.7 Å². The zero-order valence-electron chi connectivity index (χ0n) is 21.7. The van der Waals surface area contributed by atoms with Crippen molar-refractivity contribution in [1.29, 1.82) is 5.26 Å². The number of nitrogens with one attached hydrogen (secondary N) is 1. The maximum absolute atomic E-state index is 13.9. The van der Waals surface area contributed by atoms with Crippen LogP contribution in [-0.4, -0.2) is 53.3 Å². The van der Waals surface area contributed by atoms with Crippen molar-refractivity contribution in [2.24, 2.45) is 0 Å². The Labute approximate surface area is 228 Å². The fourth-order valence-electron chi connectivity index (χ4n) is 4.86. The predicted molar refractivity (Wildman–Crippen MR) is 140 cm³/mol. The SMILES string of the molecule is C[C@H](Nc1nc2c(c(=O)n1N1CCOCC1)CN(C(=O)c1ccc(C#N)cc1)CC2)c1ccc(C(F)(F)F)cc1. The number of halogens is 3. The van der Waals surface area contributed by atoms with E-state index in [1.54, 1.807) is 36.1 Å². The lowest BCUT2D eigenvalue weighted by molar-refractivity contribution is -0.137. The molecule has 0 radical (unpaired) electrons. The van der Waals surface area contributed by atoms with Gasteiger partial charge in [0, 0.05) is 18.5 Å². The summed E-state index contributed by atoms with van der Waals surface area (Å²) in [6, 6.07) is 12.8. The van der Waals surface area contributed by atoms with Crippen molar-refractivity contribution in [1.82, 2.24) is 14.6 Å². The number of carbonyl (C=O) groups excluding carboxylic acids is 1. The van der Waals surface area contributed by atoms with E-state index in [1.807, 2.05) is 11.1 Å². The highest BCUT2D eigenvalue weighted by Crippen LogP contribution is 2.30. The van der Waals surface area contributed by atoms with Crippen molar-refractivity contribution in [3.05, 3.63) is 92.4 Å².